The fourth-order valence-corrected chi connectivity index (χ4v) is 4.62. The smallest absolute Gasteiger partial charge is 0.259 e. The third kappa shape index (κ3) is 4.64. The Labute approximate surface area is 201 Å². The van der Waals surface area contributed by atoms with Crippen LogP contribution in [-0.4, -0.2) is 41.8 Å². The third-order valence-corrected chi connectivity index (χ3v) is 6.39. The van der Waals surface area contributed by atoms with Crippen LogP contribution in [0.1, 0.15) is 36.2 Å². The van der Waals surface area contributed by atoms with Crippen molar-refractivity contribution in [1.82, 2.24) is 10.2 Å². The minimum absolute atomic E-state index is 0.133. The second-order valence-corrected chi connectivity index (χ2v) is 9.11. The molecular formula is C26H26BrN3O3. The van der Waals surface area contributed by atoms with Crippen LogP contribution in [0.3, 0.4) is 0 Å². The molecule has 3 aromatic carbocycles. The molecule has 170 valence electrons. The fraction of sp³-hybridized carbons (Fsp3) is 0.269. The number of nitrogens with one attached hydrogen (secondary N) is 1. The largest absolute Gasteiger partial charge is 0.354 e. The fourth-order valence-electron chi connectivity index (χ4n) is 4.17. The summed E-state index contributed by atoms with van der Waals surface area (Å²) in [6, 6.07) is 18.3. The van der Waals surface area contributed by atoms with Gasteiger partial charge in [-0.05, 0) is 48.6 Å². The topological polar surface area (TPSA) is 69.7 Å². The molecular weight excluding hydrogens is 482 g/mol. The maximum Gasteiger partial charge on any atom is 0.259 e. The van der Waals surface area contributed by atoms with E-state index in [9.17, 15) is 14.4 Å². The average Bonchev–Trinajstić information content (AvgIpc) is 3.08. The molecule has 4 rings (SSSR count). The Morgan fingerprint density at radius 1 is 1.09 bits per heavy atom. The maximum atomic E-state index is 13.6. The SMILES string of the molecule is CCCNC(=O)[C@@H](C)N(Cc1cccc(Br)c1)C(=O)CN1C(=O)c2cccc3cccc1c23. The number of halogens is 1. The second kappa shape index (κ2) is 9.75. The van der Waals surface area contributed by atoms with E-state index in [-0.39, 0.29) is 30.8 Å². The zero-order chi connectivity index (χ0) is 23.5. The highest BCUT2D eigenvalue weighted by molar-refractivity contribution is 9.10. The molecule has 0 aliphatic carbocycles. The number of nitrogens with zero attached hydrogens (tertiary/aromatic N) is 2. The standard InChI is InChI=1S/C26H26BrN3O3/c1-3-13-28-25(32)17(2)29(15-18-7-4-10-20(27)14-18)23(31)16-30-22-12-6-9-19-8-5-11-21(24(19)22)26(30)33/h4-12,14,17H,3,13,15-16H2,1-2H3,(H,28,32)/t17-/m1/s1. The number of carbonyl (C=O) groups excluding carboxylic acids is 3. The molecule has 1 heterocycles. The number of hydrogen-bond donors (Lipinski definition) is 1. The molecule has 3 aromatic rings. The molecule has 0 aromatic heterocycles. The molecule has 7 heteroatoms. The van der Waals surface area contributed by atoms with E-state index in [2.05, 4.69) is 21.2 Å². The van der Waals surface area contributed by atoms with E-state index in [1.807, 2.05) is 61.5 Å². The van der Waals surface area contributed by atoms with Gasteiger partial charge in [0.05, 0.1) is 5.69 Å². The molecule has 0 saturated heterocycles. The Kier molecular flexibility index (Phi) is 6.79. The van der Waals surface area contributed by atoms with Crippen LogP contribution in [0.15, 0.2) is 65.1 Å². The average molecular weight is 508 g/mol. The van der Waals surface area contributed by atoms with Gasteiger partial charge in [-0.15, -0.1) is 0 Å². The van der Waals surface area contributed by atoms with Crippen molar-refractivity contribution in [3.8, 4) is 0 Å². The minimum Gasteiger partial charge on any atom is -0.354 e. The lowest BCUT2D eigenvalue weighted by Gasteiger charge is -2.30. The molecule has 0 bridgehead atoms. The van der Waals surface area contributed by atoms with E-state index in [0.717, 1.165) is 32.9 Å². The number of benzene rings is 3. The van der Waals surface area contributed by atoms with Gasteiger partial charge in [0, 0.05) is 28.5 Å². The second-order valence-electron chi connectivity index (χ2n) is 8.19. The molecule has 1 aliphatic heterocycles. The lowest BCUT2D eigenvalue weighted by atomic mass is 10.1. The Hall–Kier alpha value is -3.19. The zero-order valence-corrected chi connectivity index (χ0v) is 20.3. The van der Waals surface area contributed by atoms with Crippen molar-refractivity contribution in [3.05, 3.63) is 76.3 Å². The van der Waals surface area contributed by atoms with Gasteiger partial charge in [-0.1, -0.05) is 59.3 Å². The van der Waals surface area contributed by atoms with Gasteiger partial charge in [0.25, 0.3) is 5.91 Å². The number of rotatable bonds is 8. The number of anilines is 1. The summed E-state index contributed by atoms with van der Waals surface area (Å²) in [5, 5.41) is 4.70. The van der Waals surface area contributed by atoms with Gasteiger partial charge < -0.3 is 10.2 Å². The Bertz CT molecular complexity index is 1220. The van der Waals surface area contributed by atoms with E-state index in [0.29, 0.717) is 12.1 Å². The number of hydrogen-bond acceptors (Lipinski definition) is 3. The van der Waals surface area contributed by atoms with Crippen molar-refractivity contribution in [2.24, 2.45) is 0 Å². The number of carbonyl (C=O) groups is 3. The van der Waals surface area contributed by atoms with Gasteiger partial charge in [0.1, 0.15) is 12.6 Å². The quantitative estimate of drug-likeness (QED) is 0.487. The molecule has 1 aliphatic rings. The molecule has 33 heavy (non-hydrogen) atoms. The van der Waals surface area contributed by atoms with Crippen LogP contribution in [-0.2, 0) is 16.1 Å². The first-order valence-corrected chi connectivity index (χ1v) is 11.8. The van der Waals surface area contributed by atoms with Crippen LogP contribution in [0.2, 0.25) is 0 Å². The van der Waals surface area contributed by atoms with Crippen molar-refractivity contribution < 1.29 is 14.4 Å². The van der Waals surface area contributed by atoms with E-state index in [4.69, 9.17) is 0 Å². The van der Waals surface area contributed by atoms with Gasteiger partial charge in [0.15, 0.2) is 0 Å². The van der Waals surface area contributed by atoms with Crippen LogP contribution in [0.4, 0.5) is 5.69 Å². The highest BCUT2D eigenvalue weighted by atomic mass is 79.9. The van der Waals surface area contributed by atoms with Crippen molar-refractivity contribution in [2.45, 2.75) is 32.9 Å². The van der Waals surface area contributed by atoms with Gasteiger partial charge in [0.2, 0.25) is 11.8 Å². The monoisotopic (exact) mass is 507 g/mol. The summed E-state index contributed by atoms with van der Waals surface area (Å²) in [4.78, 5) is 42.5. The third-order valence-electron chi connectivity index (χ3n) is 5.90. The first-order valence-electron chi connectivity index (χ1n) is 11.1. The summed E-state index contributed by atoms with van der Waals surface area (Å²) in [6.07, 6.45) is 0.808. The first-order chi connectivity index (χ1) is 15.9. The van der Waals surface area contributed by atoms with Crippen molar-refractivity contribution in [3.63, 3.8) is 0 Å². The van der Waals surface area contributed by atoms with Crippen LogP contribution >= 0.6 is 15.9 Å². The molecule has 0 unspecified atom stereocenters. The summed E-state index contributed by atoms with van der Waals surface area (Å²) in [6.45, 7) is 4.38. The Morgan fingerprint density at radius 3 is 2.55 bits per heavy atom. The van der Waals surface area contributed by atoms with E-state index in [1.54, 1.807) is 17.9 Å². The molecule has 0 radical (unpaired) electrons. The van der Waals surface area contributed by atoms with E-state index >= 15 is 0 Å². The molecule has 0 fully saturated rings. The van der Waals surface area contributed by atoms with Crippen molar-refractivity contribution in [2.75, 3.05) is 18.0 Å². The first kappa shape index (κ1) is 23.0. The summed E-state index contributed by atoms with van der Waals surface area (Å²) in [5.74, 6) is -0.689. The maximum absolute atomic E-state index is 13.6. The van der Waals surface area contributed by atoms with Crippen LogP contribution in [0, 0.1) is 0 Å². The van der Waals surface area contributed by atoms with Gasteiger partial charge >= 0.3 is 0 Å². The Balaban J connectivity index is 1.62. The highest BCUT2D eigenvalue weighted by Gasteiger charge is 2.34. The molecule has 6 nitrogen and oxygen atoms in total. The Morgan fingerprint density at radius 2 is 1.82 bits per heavy atom. The number of amides is 3. The highest BCUT2D eigenvalue weighted by Crippen LogP contribution is 2.37. The molecule has 1 N–H and O–H groups in total. The predicted octanol–water partition coefficient (Wildman–Crippen LogP) is 4.51. The van der Waals surface area contributed by atoms with Gasteiger partial charge in [-0.25, -0.2) is 0 Å². The summed E-state index contributed by atoms with van der Waals surface area (Å²) < 4.78 is 0.896. The lowest BCUT2D eigenvalue weighted by Crippen LogP contribution is -2.51. The molecule has 0 saturated carbocycles. The van der Waals surface area contributed by atoms with Crippen LogP contribution < -0.4 is 10.2 Å². The molecule has 1 atom stereocenters. The summed E-state index contributed by atoms with van der Waals surface area (Å²) in [5.41, 5.74) is 2.22. The minimum atomic E-state index is -0.682. The predicted molar refractivity (Wildman–Crippen MR) is 133 cm³/mol. The van der Waals surface area contributed by atoms with Crippen LogP contribution in [0.5, 0.6) is 0 Å². The van der Waals surface area contributed by atoms with Gasteiger partial charge in [-0.3, -0.25) is 19.3 Å². The normalized spacial score (nSPS) is 13.3. The van der Waals surface area contributed by atoms with Gasteiger partial charge in [-0.2, -0.15) is 0 Å². The summed E-state index contributed by atoms with van der Waals surface area (Å²) >= 11 is 3.47. The molecule has 3 amide bonds. The van der Waals surface area contributed by atoms with Crippen molar-refractivity contribution >= 4 is 50.1 Å². The van der Waals surface area contributed by atoms with E-state index < -0.39 is 6.04 Å². The van der Waals surface area contributed by atoms with Crippen molar-refractivity contribution in [1.29, 1.82) is 0 Å². The molecule has 0 spiro atoms. The van der Waals surface area contributed by atoms with E-state index in [1.165, 1.54) is 4.90 Å². The zero-order valence-electron chi connectivity index (χ0n) is 18.7. The summed E-state index contributed by atoms with van der Waals surface area (Å²) in [7, 11) is 0. The lowest BCUT2D eigenvalue weighted by molar-refractivity contribution is -0.139. The van der Waals surface area contributed by atoms with Crippen LogP contribution in [0.25, 0.3) is 10.8 Å².